The van der Waals surface area contributed by atoms with E-state index in [4.69, 9.17) is 9.63 Å². The molecule has 0 aliphatic carbocycles. The molecule has 1 saturated heterocycles. The number of rotatable bonds is 3. The molecule has 1 aromatic heterocycles. The summed E-state index contributed by atoms with van der Waals surface area (Å²) in [6, 6.07) is 7.10. The lowest BCUT2D eigenvalue weighted by atomic mass is 10.1. The summed E-state index contributed by atoms with van der Waals surface area (Å²) in [5, 5.41) is 12.9. The Kier molecular flexibility index (Phi) is 3.17. The summed E-state index contributed by atoms with van der Waals surface area (Å²) >= 11 is 0. The van der Waals surface area contributed by atoms with Gasteiger partial charge in [0.25, 0.3) is 0 Å². The van der Waals surface area contributed by atoms with Gasteiger partial charge in [0, 0.05) is 31.1 Å². The van der Waals surface area contributed by atoms with Crippen molar-refractivity contribution in [1.82, 2.24) is 10.1 Å². The summed E-state index contributed by atoms with van der Waals surface area (Å²) in [6.45, 7) is 1.88. The van der Waals surface area contributed by atoms with Crippen LogP contribution in [0.3, 0.4) is 0 Å². The number of carboxylic acid groups (broad SMARTS) is 1. The second-order valence-electron chi connectivity index (χ2n) is 4.93. The van der Waals surface area contributed by atoms with Gasteiger partial charge >= 0.3 is 5.97 Å². The average Bonchev–Trinajstić information content (AvgIpc) is 3.05. The molecule has 7 nitrogen and oxygen atoms in total. The molecule has 1 aliphatic rings. The van der Waals surface area contributed by atoms with Gasteiger partial charge in [-0.1, -0.05) is 17.3 Å². The minimum atomic E-state index is -0.948. The average molecular weight is 287 g/mol. The number of nitrogens with zero attached hydrogens (tertiary/aromatic N) is 3. The Morgan fingerprint density at radius 3 is 2.90 bits per heavy atom. The van der Waals surface area contributed by atoms with E-state index in [0.29, 0.717) is 17.4 Å². The van der Waals surface area contributed by atoms with Crippen molar-refractivity contribution < 1.29 is 19.2 Å². The normalized spacial score (nSPS) is 18.2. The molecule has 1 aromatic carbocycles. The molecule has 21 heavy (non-hydrogen) atoms. The molecule has 1 N–H and O–H groups in total. The highest BCUT2D eigenvalue weighted by Gasteiger charge is 2.35. The van der Waals surface area contributed by atoms with Gasteiger partial charge in [-0.25, -0.2) is 0 Å². The molecule has 0 bridgehead atoms. The molecule has 1 amide bonds. The first kappa shape index (κ1) is 13.3. The van der Waals surface area contributed by atoms with E-state index in [-0.39, 0.29) is 18.9 Å². The predicted molar refractivity (Wildman–Crippen MR) is 72.6 cm³/mol. The highest BCUT2D eigenvalue weighted by molar-refractivity contribution is 5.99. The molecule has 1 fully saturated rings. The molecule has 3 rings (SSSR count). The molecule has 2 heterocycles. The number of anilines is 1. The zero-order valence-electron chi connectivity index (χ0n) is 11.3. The molecule has 2 aromatic rings. The Labute approximate surface area is 120 Å². The summed E-state index contributed by atoms with van der Waals surface area (Å²) in [6.07, 6.45) is 0.0287. The topological polar surface area (TPSA) is 96.5 Å². The number of carbonyl (C=O) groups is 2. The third-order valence-electron chi connectivity index (χ3n) is 3.42. The van der Waals surface area contributed by atoms with E-state index in [0.717, 1.165) is 5.56 Å². The number of aromatic nitrogens is 2. The number of carboxylic acids is 1. The summed E-state index contributed by atoms with van der Waals surface area (Å²) in [7, 11) is 0. The van der Waals surface area contributed by atoms with E-state index in [1.54, 1.807) is 25.1 Å². The Morgan fingerprint density at radius 2 is 2.29 bits per heavy atom. The van der Waals surface area contributed by atoms with Crippen molar-refractivity contribution in [3.05, 3.63) is 30.2 Å². The van der Waals surface area contributed by atoms with Gasteiger partial charge in [0.2, 0.25) is 17.6 Å². The smallest absolute Gasteiger partial charge is 0.308 e. The van der Waals surface area contributed by atoms with Crippen LogP contribution in [0.4, 0.5) is 5.69 Å². The van der Waals surface area contributed by atoms with E-state index < -0.39 is 11.9 Å². The van der Waals surface area contributed by atoms with Crippen LogP contribution in [0, 0.1) is 12.8 Å². The fraction of sp³-hybridized carbons (Fsp3) is 0.286. The minimum absolute atomic E-state index is 0.0287. The number of benzene rings is 1. The molecular formula is C14H13N3O4. The van der Waals surface area contributed by atoms with Crippen LogP contribution >= 0.6 is 0 Å². The van der Waals surface area contributed by atoms with Gasteiger partial charge < -0.3 is 14.5 Å². The Bertz CT molecular complexity index is 710. The molecule has 1 atom stereocenters. The third kappa shape index (κ3) is 2.49. The Balaban J connectivity index is 1.90. The fourth-order valence-electron chi connectivity index (χ4n) is 2.35. The zero-order valence-corrected chi connectivity index (χ0v) is 11.3. The van der Waals surface area contributed by atoms with Gasteiger partial charge in [0.05, 0.1) is 5.92 Å². The second-order valence-corrected chi connectivity index (χ2v) is 4.93. The first-order valence-corrected chi connectivity index (χ1v) is 6.48. The molecule has 0 unspecified atom stereocenters. The molecular weight excluding hydrogens is 274 g/mol. The monoisotopic (exact) mass is 287 g/mol. The van der Waals surface area contributed by atoms with Gasteiger partial charge in [0.1, 0.15) is 0 Å². The summed E-state index contributed by atoms with van der Waals surface area (Å²) < 4.78 is 4.93. The molecule has 0 spiro atoms. The third-order valence-corrected chi connectivity index (χ3v) is 3.42. The highest BCUT2D eigenvalue weighted by atomic mass is 16.5. The van der Waals surface area contributed by atoms with E-state index in [1.165, 1.54) is 4.90 Å². The fourth-order valence-corrected chi connectivity index (χ4v) is 2.35. The summed E-state index contributed by atoms with van der Waals surface area (Å²) in [4.78, 5) is 28.6. The lowest BCUT2D eigenvalue weighted by Gasteiger charge is -2.16. The van der Waals surface area contributed by atoms with E-state index in [1.807, 2.05) is 6.07 Å². The van der Waals surface area contributed by atoms with Crippen LogP contribution in [0.1, 0.15) is 12.3 Å². The number of hydrogen-bond acceptors (Lipinski definition) is 5. The number of amides is 1. The van der Waals surface area contributed by atoms with Gasteiger partial charge in [-0.2, -0.15) is 4.98 Å². The molecule has 0 saturated carbocycles. The van der Waals surface area contributed by atoms with Crippen LogP contribution in [0.15, 0.2) is 28.8 Å². The predicted octanol–water partition coefficient (Wildman–Crippen LogP) is 1.48. The lowest BCUT2D eigenvalue weighted by Crippen LogP contribution is -2.25. The van der Waals surface area contributed by atoms with Crippen molar-refractivity contribution in [2.75, 3.05) is 11.4 Å². The Morgan fingerprint density at radius 1 is 1.48 bits per heavy atom. The van der Waals surface area contributed by atoms with Crippen molar-refractivity contribution in [2.24, 2.45) is 5.92 Å². The number of hydrogen-bond donors (Lipinski definition) is 1. The zero-order chi connectivity index (χ0) is 15.0. The summed E-state index contributed by atoms with van der Waals surface area (Å²) in [5.41, 5.74) is 1.36. The standard InChI is InChI=1S/C14H13N3O4/c1-8-15-13(16-21-8)9-3-2-4-11(5-9)17-7-10(14(19)20)6-12(17)18/h2-5,10H,6-7H2,1H3,(H,19,20)/t10-/m1/s1. The van der Waals surface area contributed by atoms with Gasteiger partial charge in [-0.3, -0.25) is 9.59 Å². The number of aryl methyl sites for hydroxylation is 1. The van der Waals surface area contributed by atoms with Crippen molar-refractivity contribution in [1.29, 1.82) is 0 Å². The van der Waals surface area contributed by atoms with Crippen LogP contribution in [0.5, 0.6) is 0 Å². The molecule has 0 radical (unpaired) electrons. The van der Waals surface area contributed by atoms with Crippen LogP contribution in [0.2, 0.25) is 0 Å². The quantitative estimate of drug-likeness (QED) is 0.918. The van der Waals surface area contributed by atoms with E-state index >= 15 is 0 Å². The molecule has 7 heteroatoms. The van der Waals surface area contributed by atoms with Crippen LogP contribution in [-0.2, 0) is 9.59 Å². The largest absolute Gasteiger partial charge is 0.481 e. The first-order valence-electron chi connectivity index (χ1n) is 6.48. The molecule has 1 aliphatic heterocycles. The van der Waals surface area contributed by atoms with Crippen LogP contribution in [-0.4, -0.2) is 33.7 Å². The molecule has 108 valence electrons. The second kappa shape index (κ2) is 5.01. The van der Waals surface area contributed by atoms with Crippen LogP contribution in [0.25, 0.3) is 11.4 Å². The van der Waals surface area contributed by atoms with Crippen molar-refractivity contribution in [3.63, 3.8) is 0 Å². The minimum Gasteiger partial charge on any atom is -0.481 e. The van der Waals surface area contributed by atoms with Crippen molar-refractivity contribution in [3.8, 4) is 11.4 Å². The van der Waals surface area contributed by atoms with Gasteiger partial charge in [-0.05, 0) is 12.1 Å². The number of carbonyl (C=O) groups excluding carboxylic acids is 1. The van der Waals surface area contributed by atoms with Gasteiger partial charge in [-0.15, -0.1) is 0 Å². The maximum atomic E-state index is 12.0. The first-order chi connectivity index (χ1) is 10.0. The van der Waals surface area contributed by atoms with Crippen molar-refractivity contribution in [2.45, 2.75) is 13.3 Å². The van der Waals surface area contributed by atoms with Gasteiger partial charge in [0.15, 0.2) is 0 Å². The van der Waals surface area contributed by atoms with Crippen LogP contribution < -0.4 is 4.90 Å². The van der Waals surface area contributed by atoms with E-state index in [9.17, 15) is 9.59 Å². The lowest BCUT2D eigenvalue weighted by molar-refractivity contribution is -0.141. The highest BCUT2D eigenvalue weighted by Crippen LogP contribution is 2.28. The Hall–Kier alpha value is -2.70. The summed E-state index contributed by atoms with van der Waals surface area (Å²) in [5.74, 6) is -0.900. The number of aliphatic carboxylic acids is 1. The SMILES string of the molecule is Cc1nc(-c2cccc(N3C[C@H](C(=O)O)CC3=O)c2)no1. The maximum Gasteiger partial charge on any atom is 0.308 e. The maximum absolute atomic E-state index is 12.0. The van der Waals surface area contributed by atoms with E-state index in [2.05, 4.69) is 10.1 Å². The van der Waals surface area contributed by atoms with Crippen molar-refractivity contribution >= 4 is 17.6 Å².